The lowest BCUT2D eigenvalue weighted by Gasteiger charge is -2.10. The molecule has 0 saturated carbocycles. The molecule has 0 radical (unpaired) electrons. The second-order valence-corrected chi connectivity index (χ2v) is 3.71. The van der Waals surface area contributed by atoms with Crippen LogP contribution in [0.25, 0.3) is 0 Å². The number of likely N-dealkylation sites (N-methyl/N-ethyl adjacent to an activating group) is 1. The minimum atomic E-state index is -0.143. The fraction of sp³-hybridized carbons (Fsp3) is 0.417. The second kappa shape index (κ2) is 5.51. The molecule has 1 unspecified atom stereocenters. The molecule has 0 aromatic heterocycles. The normalized spacial score (nSPS) is 12.2. The number of hydrogen-bond acceptors (Lipinski definition) is 2. The van der Waals surface area contributed by atoms with Crippen LogP contribution in [0.5, 0.6) is 0 Å². The molecule has 1 rings (SSSR count). The predicted octanol–water partition coefficient (Wildman–Crippen LogP) is 1.22. The van der Waals surface area contributed by atoms with Crippen LogP contribution >= 0.6 is 0 Å². The van der Waals surface area contributed by atoms with Gasteiger partial charge in [0, 0.05) is 6.54 Å². The number of aryl methyl sites for hydroxylation is 1. The number of benzene rings is 1. The molecule has 3 nitrogen and oxygen atoms in total. The molecule has 0 spiro atoms. The minimum absolute atomic E-state index is 0.0260. The third-order valence-corrected chi connectivity index (χ3v) is 2.41. The van der Waals surface area contributed by atoms with Crippen molar-refractivity contribution >= 4 is 5.91 Å². The first-order valence-electron chi connectivity index (χ1n) is 5.14. The Bertz CT molecular complexity index is 319. The van der Waals surface area contributed by atoms with Gasteiger partial charge in [0.1, 0.15) is 0 Å². The van der Waals surface area contributed by atoms with Gasteiger partial charge < -0.3 is 10.6 Å². The van der Waals surface area contributed by atoms with Gasteiger partial charge in [-0.1, -0.05) is 29.8 Å². The van der Waals surface area contributed by atoms with Gasteiger partial charge in [-0.15, -0.1) is 0 Å². The van der Waals surface area contributed by atoms with E-state index < -0.39 is 0 Å². The topological polar surface area (TPSA) is 41.1 Å². The van der Waals surface area contributed by atoms with Crippen LogP contribution in [-0.4, -0.2) is 19.0 Å². The number of hydrogen-bond donors (Lipinski definition) is 2. The van der Waals surface area contributed by atoms with Crippen molar-refractivity contribution in [1.82, 2.24) is 10.6 Å². The van der Waals surface area contributed by atoms with Crippen LogP contribution in [0.2, 0.25) is 0 Å². The second-order valence-electron chi connectivity index (χ2n) is 3.71. The molecule has 2 N–H and O–H groups in total. The summed E-state index contributed by atoms with van der Waals surface area (Å²) in [6, 6.07) is 8.00. The molecule has 15 heavy (non-hydrogen) atoms. The number of carbonyl (C=O) groups excluding carboxylic acids is 1. The van der Waals surface area contributed by atoms with E-state index in [9.17, 15) is 4.79 Å². The molecule has 1 aromatic rings. The summed E-state index contributed by atoms with van der Waals surface area (Å²) in [6.45, 7) is 4.47. The third kappa shape index (κ3) is 3.72. The van der Waals surface area contributed by atoms with Gasteiger partial charge in [-0.25, -0.2) is 0 Å². The van der Waals surface area contributed by atoms with E-state index in [0.717, 1.165) is 5.56 Å². The maximum atomic E-state index is 11.4. The van der Waals surface area contributed by atoms with Gasteiger partial charge in [-0.3, -0.25) is 4.79 Å². The number of carbonyl (C=O) groups is 1. The Labute approximate surface area is 90.9 Å². The van der Waals surface area contributed by atoms with Gasteiger partial charge >= 0.3 is 0 Å². The van der Waals surface area contributed by atoms with Crippen molar-refractivity contribution in [3.05, 3.63) is 35.4 Å². The fourth-order valence-corrected chi connectivity index (χ4v) is 1.18. The van der Waals surface area contributed by atoms with Gasteiger partial charge in [-0.2, -0.15) is 0 Å². The summed E-state index contributed by atoms with van der Waals surface area (Å²) in [5, 5.41) is 5.77. The average molecular weight is 206 g/mol. The summed E-state index contributed by atoms with van der Waals surface area (Å²) in [5.74, 6) is 0.0260. The Kier molecular flexibility index (Phi) is 4.31. The van der Waals surface area contributed by atoms with Crippen LogP contribution in [0, 0.1) is 6.92 Å². The average Bonchev–Trinajstić information content (AvgIpc) is 2.26. The molecule has 0 aliphatic carbocycles. The summed E-state index contributed by atoms with van der Waals surface area (Å²) in [7, 11) is 1.77. The molecule has 0 heterocycles. The van der Waals surface area contributed by atoms with Crippen molar-refractivity contribution < 1.29 is 4.79 Å². The summed E-state index contributed by atoms with van der Waals surface area (Å²) in [5.41, 5.74) is 2.35. The molecular formula is C12H18N2O. The largest absolute Gasteiger partial charge is 0.351 e. The van der Waals surface area contributed by atoms with Crippen LogP contribution in [0.4, 0.5) is 0 Å². The highest BCUT2D eigenvalue weighted by molar-refractivity contribution is 5.81. The van der Waals surface area contributed by atoms with Crippen LogP contribution < -0.4 is 10.6 Å². The van der Waals surface area contributed by atoms with Crippen LogP contribution in [-0.2, 0) is 11.3 Å². The van der Waals surface area contributed by atoms with E-state index in [0.29, 0.717) is 6.54 Å². The SMILES string of the molecule is CNC(C)C(=O)NCc1ccc(C)cc1. The Balaban J connectivity index is 2.43. The molecule has 82 valence electrons. The fourth-order valence-electron chi connectivity index (χ4n) is 1.18. The standard InChI is InChI=1S/C12H18N2O/c1-9-4-6-11(7-5-9)8-14-12(15)10(2)13-3/h4-7,10,13H,8H2,1-3H3,(H,14,15). The van der Waals surface area contributed by atoms with Crippen molar-refractivity contribution in [3.63, 3.8) is 0 Å². The molecular weight excluding hydrogens is 188 g/mol. The molecule has 1 aromatic carbocycles. The van der Waals surface area contributed by atoms with Crippen molar-refractivity contribution in [1.29, 1.82) is 0 Å². The van der Waals surface area contributed by atoms with E-state index in [4.69, 9.17) is 0 Å². The van der Waals surface area contributed by atoms with Crippen LogP contribution in [0.15, 0.2) is 24.3 Å². The first-order valence-corrected chi connectivity index (χ1v) is 5.14. The number of rotatable bonds is 4. The maximum Gasteiger partial charge on any atom is 0.237 e. The maximum absolute atomic E-state index is 11.4. The molecule has 0 fully saturated rings. The highest BCUT2D eigenvalue weighted by Crippen LogP contribution is 2.02. The Morgan fingerprint density at radius 1 is 1.33 bits per heavy atom. The van der Waals surface area contributed by atoms with Crippen LogP contribution in [0.1, 0.15) is 18.1 Å². The Hall–Kier alpha value is -1.35. The highest BCUT2D eigenvalue weighted by atomic mass is 16.2. The molecule has 0 saturated heterocycles. The van der Waals surface area contributed by atoms with Crippen LogP contribution in [0.3, 0.4) is 0 Å². The first-order chi connectivity index (χ1) is 7.13. The molecule has 0 aliphatic heterocycles. The van der Waals surface area contributed by atoms with E-state index in [1.165, 1.54) is 5.56 Å². The lowest BCUT2D eigenvalue weighted by molar-refractivity contribution is -0.122. The van der Waals surface area contributed by atoms with Gasteiger partial charge in [0.15, 0.2) is 0 Å². The zero-order valence-electron chi connectivity index (χ0n) is 9.50. The van der Waals surface area contributed by atoms with Gasteiger partial charge in [0.2, 0.25) is 5.91 Å². The predicted molar refractivity (Wildman–Crippen MR) is 61.5 cm³/mol. The monoisotopic (exact) mass is 206 g/mol. The minimum Gasteiger partial charge on any atom is -0.351 e. The molecule has 1 atom stereocenters. The van der Waals surface area contributed by atoms with Gasteiger partial charge in [0.05, 0.1) is 6.04 Å². The zero-order chi connectivity index (χ0) is 11.3. The van der Waals surface area contributed by atoms with E-state index in [1.807, 2.05) is 38.1 Å². The summed E-state index contributed by atoms with van der Waals surface area (Å²) >= 11 is 0. The van der Waals surface area contributed by atoms with Gasteiger partial charge in [-0.05, 0) is 26.5 Å². The zero-order valence-corrected chi connectivity index (χ0v) is 9.50. The van der Waals surface area contributed by atoms with E-state index in [1.54, 1.807) is 7.05 Å². The summed E-state index contributed by atoms with van der Waals surface area (Å²) < 4.78 is 0. The first kappa shape index (κ1) is 11.7. The third-order valence-electron chi connectivity index (χ3n) is 2.41. The van der Waals surface area contributed by atoms with E-state index in [-0.39, 0.29) is 11.9 Å². The van der Waals surface area contributed by atoms with Crippen molar-refractivity contribution in [2.24, 2.45) is 0 Å². The van der Waals surface area contributed by atoms with Crippen molar-refractivity contribution in [2.45, 2.75) is 26.4 Å². The lowest BCUT2D eigenvalue weighted by Crippen LogP contribution is -2.39. The summed E-state index contributed by atoms with van der Waals surface area (Å²) in [4.78, 5) is 11.4. The van der Waals surface area contributed by atoms with E-state index >= 15 is 0 Å². The molecule has 0 aliphatic rings. The number of amides is 1. The Morgan fingerprint density at radius 2 is 1.93 bits per heavy atom. The van der Waals surface area contributed by atoms with E-state index in [2.05, 4.69) is 10.6 Å². The Morgan fingerprint density at radius 3 is 2.47 bits per heavy atom. The van der Waals surface area contributed by atoms with Crippen molar-refractivity contribution in [2.75, 3.05) is 7.05 Å². The number of nitrogens with one attached hydrogen (secondary N) is 2. The van der Waals surface area contributed by atoms with Crippen molar-refractivity contribution in [3.8, 4) is 0 Å². The molecule has 3 heteroatoms. The lowest BCUT2D eigenvalue weighted by atomic mass is 10.1. The molecule has 0 bridgehead atoms. The molecule has 1 amide bonds. The highest BCUT2D eigenvalue weighted by Gasteiger charge is 2.08. The van der Waals surface area contributed by atoms with Gasteiger partial charge in [0.25, 0.3) is 0 Å². The summed E-state index contributed by atoms with van der Waals surface area (Å²) in [6.07, 6.45) is 0. The smallest absolute Gasteiger partial charge is 0.237 e. The quantitative estimate of drug-likeness (QED) is 0.777.